The molecule has 0 saturated carbocycles. The first kappa shape index (κ1) is 8.97. The maximum absolute atomic E-state index is 5.07. The zero-order valence-corrected chi connectivity index (χ0v) is 8.56. The van der Waals surface area contributed by atoms with Gasteiger partial charge in [-0.3, -0.25) is 0 Å². The summed E-state index contributed by atoms with van der Waals surface area (Å²) < 4.78 is 5.07. The molecule has 0 radical (unpaired) electrons. The Hall–Kier alpha value is -0.610. The highest BCUT2D eigenvalue weighted by Crippen LogP contribution is 2.30. The molecule has 0 spiro atoms. The number of hydrogen-bond donors (Lipinski definition) is 1. The van der Waals surface area contributed by atoms with Crippen molar-refractivity contribution in [1.82, 2.24) is 10.3 Å². The fourth-order valence-electron chi connectivity index (χ4n) is 1.62. The Morgan fingerprint density at radius 3 is 3.15 bits per heavy atom. The number of methoxy groups -OCH3 is 1. The maximum atomic E-state index is 5.07. The van der Waals surface area contributed by atoms with Crippen LogP contribution in [0, 0.1) is 0 Å². The summed E-state index contributed by atoms with van der Waals surface area (Å²) in [6.07, 6.45) is 5.77. The molecule has 1 unspecified atom stereocenters. The molecule has 1 aromatic rings. The summed E-state index contributed by atoms with van der Waals surface area (Å²) in [7, 11) is 1.66. The molecular formula is C9H14N2OS. The Bertz CT molecular complexity index is 268. The Labute approximate surface area is 82.1 Å². The second-order valence-electron chi connectivity index (χ2n) is 3.24. The summed E-state index contributed by atoms with van der Waals surface area (Å²) in [5, 5.41) is 4.25. The van der Waals surface area contributed by atoms with Crippen molar-refractivity contribution in [3.8, 4) is 5.19 Å². The van der Waals surface area contributed by atoms with Gasteiger partial charge in [0.1, 0.15) is 0 Å². The van der Waals surface area contributed by atoms with Crippen LogP contribution in [0.15, 0.2) is 6.20 Å². The largest absolute Gasteiger partial charge is 0.473 e. The molecule has 13 heavy (non-hydrogen) atoms. The van der Waals surface area contributed by atoms with Gasteiger partial charge in [0.2, 0.25) is 0 Å². The average molecular weight is 198 g/mol. The molecule has 0 aliphatic carbocycles. The van der Waals surface area contributed by atoms with Crippen LogP contribution < -0.4 is 10.1 Å². The van der Waals surface area contributed by atoms with Crippen molar-refractivity contribution in [3.05, 3.63) is 11.1 Å². The lowest BCUT2D eigenvalue weighted by molar-refractivity contribution is 0.412. The molecule has 1 aliphatic rings. The van der Waals surface area contributed by atoms with E-state index in [-0.39, 0.29) is 0 Å². The zero-order chi connectivity index (χ0) is 9.10. The van der Waals surface area contributed by atoms with E-state index in [4.69, 9.17) is 4.74 Å². The van der Waals surface area contributed by atoms with Gasteiger partial charge in [0.25, 0.3) is 5.19 Å². The van der Waals surface area contributed by atoms with E-state index in [2.05, 4.69) is 10.3 Å². The summed E-state index contributed by atoms with van der Waals surface area (Å²) in [4.78, 5) is 5.47. The summed E-state index contributed by atoms with van der Waals surface area (Å²) in [6.45, 7) is 1.13. The van der Waals surface area contributed by atoms with E-state index in [9.17, 15) is 0 Å². The van der Waals surface area contributed by atoms with E-state index in [0.717, 1.165) is 11.7 Å². The van der Waals surface area contributed by atoms with Crippen molar-refractivity contribution >= 4 is 11.3 Å². The topological polar surface area (TPSA) is 34.1 Å². The second kappa shape index (κ2) is 4.07. The average Bonchev–Trinajstić information content (AvgIpc) is 2.67. The number of nitrogens with zero attached hydrogens (tertiary/aromatic N) is 1. The van der Waals surface area contributed by atoms with Crippen molar-refractivity contribution < 1.29 is 4.74 Å². The third-order valence-electron chi connectivity index (χ3n) is 2.33. The van der Waals surface area contributed by atoms with Gasteiger partial charge >= 0.3 is 0 Å². The number of rotatable bonds is 2. The Balaban J connectivity index is 2.05. The van der Waals surface area contributed by atoms with Crippen LogP contribution in [0.25, 0.3) is 0 Å². The van der Waals surface area contributed by atoms with Crippen molar-refractivity contribution in [3.63, 3.8) is 0 Å². The number of aromatic nitrogens is 1. The Morgan fingerprint density at radius 2 is 2.54 bits per heavy atom. The highest BCUT2D eigenvalue weighted by Gasteiger charge is 2.17. The van der Waals surface area contributed by atoms with Crippen LogP contribution in [0.3, 0.4) is 0 Å². The van der Waals surface area contributed by atoms with Crippen molar-refractivity contribution in [2.45, 2.75) is 25.3 Å². The number of nitrogens with one attached hydrogen (secondary N) is 1. The van der Waals surface area contributed by atoms with Crippen LogP contribution in [-0.2, 0) is 0 Å². The van der Waals surface area contributed by atoms with Crippen LogP contribution in [0.2, 0.25) is 0 Å². The highest BCUT2D eigenvalue weighted by molar-refractivity contribution is 7.13. The lowest BCUT2D eigenvalue weighted by atomic mass is 10.0. The molecule has 1 fully saturated rings. The van der Waals surface area contributed by atoms with Gasteiger partial charge in [-0.15, -0.1) is 0 Å². The molecule has 0 aromatic carbocycles. The normalized spacial score (nSPS) is 23.0. The smallest absolute Gasteiger partial charge is 0.273 e. The Kier molecular flexibility index (Phi) is 2.80. The van der Waals surface area contributed by atoms with Gasteiger partial charge in [0, 0.05) is 17.1 Å². The van der Waals surface area contributed by atoms with Gasteiger partial charge in [-0.25, -0.2) is 4.98 Å². The van der Waals surface area contributed by atoms with Crippen LogP contribution in [-0.4, -0.2) is 18.6 Å². The summed E-state index contributed by atoms with van der Waals surface area (Å²) >= 11 is 1.64. The molecule has 4 heteroatoms. The molecule has 1 aromatic heterocycles. The third kappa shape index (κ3) is 2.00. The Morgan fingerprint density at radius 1 is 1.62 bits per heavy atom. The highest BCUT2D eigenvalue weighted by atomic mass is 32.1. The molecular weight excluding hydrogens is 184 g/mol. The lowest BCUT2D eigenvalue weighted by Crippen LogP contribution is -2.25. The third-order valence-corrected chi connectivity index (χ3v) is 3.40. The molecule has 1 saturated heterocycles. The second-order valence-corrected chi connectivity index (χ2v) is 4.26. The number of ether oxygens (including phenoxy) is 1. The van der Waals surface area contributed by atoms with E-state index in [1.54, 1.807) is 18.4 Å². The van der Waals surface area contributed by atoms with E-state index < -0.39 is 0 Å². The molecule has 0 bridgehead atoms. The fraction of sp³-hybridized carbons (Fsp3) is 0.667. The van der Waals surface area contributed by atoms with Crippen LogP contribution in [0.5, 0.6) is 5.19 Å². The summed E-state index contributed by atoms with van der Waals surface area (Å²) in [5.74, 6) is 0. The van der Waals surface area contributed by atoms with E-state index in [1.807, 2.05) is 6.20 Å². The van der Waals surface area contributed by atoms with E-state index in [1.165, 1.54) is 24.1 Å². The first-order valence-electron chi connectivity index (χ1n) is 4.63. The number of hydrogen-bond acceptors (Lipinski definition) is 4. The minimum atomic E-state index is 0.509. The maximum Gasteiger partial charge on any atom is 0.273 e. The van der Waals surface area contributed by atoms with Gasteiger partial charge < -0.3 is 10.1 Å². The van der Waals surface area contributed by atoms with Gasteiger partial charge in [0.15, 0.2) is 0 Å². The zero-order valence-electron chi connectivity index (χ0n) is 7.75. The van der Waals surface area contributed by atoms with Crippen molar-refractivity contribution in [1.29, 1.82) is 0 Å². The summed E-state index contributed by atoms with van der Waals surface area (Å²) in [6, 6.07) is 0.509. The minimum Gasteiger partial charge on any atom is -0.473 e. The van der Waals surface area contributed by atoms with Crippen molar-refractivity contribution in [2.75, 3.05) is 13.7 Å². The van der Waals surface area contributed by atoms with Gasteiger partial charge in [0.05, 0.1) is 7.11 Å². The monoisotopic (exact) mass is 198 g/mol. The minimum absolute atomic E-state index is 0.509. The molecule has 72 valence electrons. The first-order chi connectivity index (χ1) is 6.40. The van der Waals surface area contributed by atoms with Gasteiger partial charge in [-0.1, -0.05) is 17.8 Å². The quantitative estimate of drug-likeness (QED) is 0.789. The number of piperidine rings is 1. The molecule has 1 N–H and O–H groups in total. The number of thiazole rings is 1. The SMILES string of the molecule is COc1ncc(C2CCCCN2)s1. The molecule has 0 amide bonds. The lowest BCUT2D eigenvalue weighted by Gasteiger charge is -2.21. The molecule has 2 rings (SSSR count). The fourth-order valence-corrected chi connectivity index (χ4v) is 2.46. The van der Waals surface area contributed by atoms with Gasteiger partial charge in [-0.2, -0.15) is 0 Å². The predicted molar refractivity (Wildman–Crippen MR) is 53.3 cm³/mol. The standard InChI is InChI=1S/C9H14N2OS/c1-12-9-11-6-8(13-9)7-4-2-3-5-10-7/h6-7,10H,2-5H2,1H3. The molecule has 1 atom stereocenters. The predicted octanol–water partition coefficient (Wildman–Crippen LogP) is 1.97. The van der Waals surface area contributed by atoms with Crippen LogP contribution in [0.1, 0.15) is 30.2 Å². The molecule has 1 aliphatic heterocycles. The molecule has 2 heterocycles. The van der Waals surface area contributed by atoms with Crippen molar-refractivity contribution in [2.24, 2.45) is 0 Å². The first-order valence-corrected chi connectivity index (χ1v) is 5.45. The van der Waals surface area contributed by atoms with Crippen LogP contribution >= 0.6 is 11.3 Å². The van der Waals surface area contributed by atoms with E-state index in [0.29, 0.717) is 6.04 Å². The van der Waals surface area contributed by atoms with Gasteiger partial charge in [-0.05, 0) is 19.4 Å². The molecule has 3 nitrogen and oxygen atoms in total. The van der Waals surface area contributed by atoms with Crippen LogP contribution in [0.4, 0.5) is 0 Å². The summed E-state index contributed by atoms with van der Waals surface area (Å²) in [5.41, 5.74) is 0. The van der Waals surface area contributed by atoms with E-state index >= 15 is 0 Å².